The second kappa shape index (κ2) is 6.60. The van der Waals surface area contributed by atoms with Crippen molar-refractivity contribution in [3.63, 3.8) is 0 Å². The number of ketones is 2. The number of aldehydes is 1. The van der Waals surface area contributed by atoms with Gasteiger partial charge in [0.05, 0.1) is 7.14 Å². The molecular formula is C12H10I2O4. The molecule has 1 unspecified atom stereocenters. The highest BCUT2D eigenvalue weighted by Gasteiger charge is 2.22. The topological polar surface area (TPSA) is 71.4 Å². The molecule has 18 heavy (non-hydrogen) atoms. The van der Waals surface area contributed by atoms with E-state index in [1.807, 2.05) is 45.2 Å². The first kappa shape index (κ1) is 15.5. The number of aromatic hydroxyl groups is 1. The molecule has 96 valence electrons. The summed E-state index contributed by atoms with van der Waals surface area (Å²) in [4.78, 5) is 33.6. The molecule has 0 heterocycles. The van der Waals surface area contributed by atoms with Crippen molar-refractivity contribution in [2.24, 2.45) is 5.92 Å². The number of carbonyl (C=O) groups is 3. The average molecular weight is 472 g/mol. The normalized spacial score (nSPS) is 11.9. The fraction of sp³-hybridized carbons (Fsp3) is 0.250. The molecule has 0 amide bonds. The standard InChI is InChI=1S/C12H10I2O4/c1-6(16)8(5-15)11(17)4-7-2-9(13)12(18)10(14)3-7/h2-3,5,8,18H,4H2,1H3. The minimum Gasteiger partial charge on any atom is -0.506 e. The Morgan fingerprint density at radius 3 is 2.22 bits per heavy atom. The second-order valence-corrected chi connectivity index (χ2v) is 6.10. The monoisotopic (exact) mass is 472 g/mol. The maximum Gasteiger partial charge on any atom is 0.154 e. The van der Waals surface area contributed by atoms with Crippen LogP contribution in [-0.2, 0) is 20.8 Å². The van der Waals surface area contributed by atoms with Crippen molar-refractivity contribution in [3.8, 4) is 5.75 Å². The van der Waals surface area contributed by atoms with Gasteiger partial charge in [0.15, 0.2) is 5.78 Å². The van der Waals surface area contributed by atoms with Crippen molar-refractivity contribution in [3.05, 3.63) is 24.8 Å². The molecule has 0 aliphatic heterocycles. The van der Waals surface area contributed by atoms with Gasteiger partial charge in [-0.05, 0) is 69.8 Å². The van der Waals surface area contributed by atoms with Gasteiger partial charge in [-0.25, -0.2) is 0 Å². The lowest BCUT2D eigenvalue weighted by Crippen LogP contribution is -2.25. The zero-order chi connectivity index (χ0) is 13.9. The largest absolute Gasteiger partial charge is 0.506 e. The first-order chi connectivity index (χ1) is 8.36. The number of rotatable bonds is 5. The number of carbonyl (C=O) groups excluding carboxylic acids is 3. The molecule has 0 aliphatic carbocycles. The van der Waals surface area contributed by atoms with E-state index >= 15 is 0 Å². The number of hydrogen-bond acceptors (Lipinski definition) is 4. The van der Waals surface area contributed by atoms with Crippen LogP contribution in [-0.4, -0.2) is 23.0 Å². The van der Waals surface area contributed by atoms with E-state index in [1.165, 1.54) is 6.92 Å². The van der Waals surface area contributed by atoms with Gasteiger partial charge in [-0.15, -0.1) is 0 Å². The van der Waals surface area contributed by atoms with E-state index in [-0.39, 0.29) is 12.2 Å². The summed E-state index contributed by atoms with van der Waals surface area (Å²) >= 11 is 3.92. The van der Waals surface area contributed by atoms with Gasteiger partial charge < -0.3 is 9.90 Å². The fourth-order valence-corrected chi connectivity index (χ4v) is 3.33. The van der Waals surface area contributed by atoms with Crippen molar-refractivity contribution in [1.82, 2.24) is 0 Å². The predicted molar refractivity (Wildman–Crippen MR) is 82.5 cm³/mol. The zero-order valence-electron chi connectivity index (χ0n) is 9.44. The van der Waals surface area contributed by atoms with Gasteiger partial charge in [0.25, 0.3) is 0 Å². The summed E-state index contributed by atoms with van der Waals surface area (Å²) in [5.74, 6) is -1.88. The van der Waals surface area contributed by atoms with Crippen LogP contribution in [0, 0.1) is 13.1 Å². The molecule has 6 heteroatoms. The summed E-state index contributed by atoms with van der Waals surface area (Å²) in [5.41, 5.74) is 0.680. The summed E-state index contributed by atoms with van der Waals surface area (Å²) < 4.78 is 1.26. The highest BCUT2D eigenvalue weighted by atomic mass is 127. The van der Waals surface area contributed by atoms with Crippen LogP contribution in [0.25, 0.3) is 0 Å². The SMILES string of the molecule is CC(=O)C(C=O)C(=O)Cc1cc(I)c(O)c(I)c1. The van der Waals surface area contributed by atoms with Crippen LogP contribution in [0.1, 0.15) is 12.5 Å². The molecule has 4 nitrogen and oxygen atoms in total. The quantitative estimate of drug-likeness (QED) is 0.405. The lowest BCUT2D eigenvalue weighted by Gasteiger charge is -2.08. The Kier molecular flexibility index (Phi) is 5.70. The third kappa shape index (κ3) is 3.74. The molecule has 1 aromatic carbocycles. The highest BCUT2D eigenvalue weighted by Crippen LogP contribution is 2.27. The molecule has 0 saturated carbocycles. The van der Waals surface area contributed by atoms with E-state index in [2.05, 4.69) is 0 Å². The van der Waals surface area contributed by atoms with Gasteiger partial charge in [-0.2, -0.15) is 0 Å². The van der Waals surface area contributed by atoms with Crippen molar-refractivity contribution >= 4 is 63.0 Å². The van der Waals surface area contributed by atoms with Gasteiger partial charge in [-0.1, -0.05) is 0 Å². The Morgan fingerprint density at radius 1 is 1.33 bits per heavy atom. The van der Waals surface area contributed by atoms with Crippen LogP contribution >= 0.6 is 45.2 Å². The number of Topliss-reactive ketones (excluding diaryl/α,β-unsaturated/α-hetero) is 2. The van der Waals surface area contributed by atoms with E-state index in [9.17, 15) is 19.5 Å². The second-order valence-electron chi connectivity index (χ2n) is 3.78. The predicted octanol–water partition coefficient (Wildman–Crippen LogP) is 2.12. The third-order valence-electron chi connectivity index (χ3n) is 2.38. The number of phenols is 1. The molecule has 1 aromatic rings. The van der Waals surface area contributed by atoms with E-state index in [1.54, 1.807) is 12.1 Å². The molecule has 0 radical (unpaired) electrons. The number of halogens is 2. The average Bonchev–Trinajstić information content (AvgIpc) is 2.26. The Bertz CT molecular complexity index is 488. The van der Waals surface area contributed by atoms with Crippen LogP contribution in [0.3, 0.4) is 0 Å². The van der Waals surface area contributed by atoms with Crippen LogP contribution in [0.5, 0.6) is 5.75 Å². The van der Waals surface area contributed by atoms with Crippen LogP contribution in [0.15, 0.2) is 12.1 Å². The van der Waals surface area contributed by atoms with E-state index in [0.717, 1.165) is 0 Å². The fourth-order valence-electron chi connectivity index (χ4n) is 1.43. The summed E-state index contributed by atoms with van der Waals surface area (Å²) in [5, 5.41) is 9.60. The van der Waals surface area contributed by atoms with Gasteiger partial charge in [-0.3, -0.25) is 9.59 Å². The molecule has 0 spiro atoms. The van der Waals surface area contributed by atoms with Gasteiger partial charge >= 0.3 is 0 Å². The summed E-state index contributed by atoms with van der Waals surface area (Å²) in [6.45, 7) is 1.22. The zero-order valence-corrected chi connectivity index (χ0v) is 13.8. The van der Waals surface area contributed by atoms with Crippen molar-refractivity contribution in [1.29, 1.82) is 0 Å². The van der Waals surface area contributed by atoms with Gasteiger partial charge in [0.2, 0.25) is 0 Å². The van der Waals surface area contributed by atoms with Crippen molar-refractivity contribution in [2.45, 2.75) is 13.3 Å². The van der Waals surface area contributed by atoms with Crippen LogP contribution in [0.2, 0.25) is 0 Å². The van der Waals surface area contributed by atoms with Gasteiger partial charge in [0, 0.05) is 6.42 Å². The third-order valence-corrected chi connectivity index (χ3v) is 4.02. The molecule has 0 aromatic heterocycles. The minimum atomic E-state index is -1.19. The molecule has 0 saturated heterocycles. The van der Waals surface area contributed by atoms with Gasteiger partial charge in [0.1, 0.15) is 23.7 Å². The number of benzene rings is 1. The Labute approximate surface area is 131 Å². The summed E-state index contributed by atoms with van der Waals surface area (Å²) in [6, 6.07) is 3.33. The molecule has 1 atom stereocenters. The highest BCUT2D eigenvalue weighted by molar-refractivity contribution is 14.1. The van der Waals surface area contributed by atoms with E-state index < -0.39 is 17.5 Å². The molecule has 1 N–H and O–H groups in total. The molecular weight excluding hydrogens is 462 g/mol. The molecule has 0 fully saturated rings. The maximum absolute atomic E-state index is 11.8. The Hall–Kier alpha value is -0.510. The van der Waals surface area contributed by atoms with Crippen LogP contribution in [0.4, 0.5) is 0 Å². The first-order valence-electron chi connectivity index (χ1n) is 5.02. The lowest BCUT2D eigenvalue weighted by atomic mass is 9.96. The smallest absolute Gasteiger partial charge is 0.154 e. The van der Waals surface area contributed by atoms with E-state index in [0.29, 0.717) is 19.0 Å². The first-order valence-corrected chi connectivity index (χ1v) is 7.18. The maximum atomic E-state index is 11.8. The molecule has 0 aliphatic rings. The minimum absolute atomic E-state index is 0.00920. The summed E-state index contributed by atoms with van der Waals surface area (Å²) in [6.07, 6.45) is 0.385. The molecule has 1 rings (SSSR count). The Morgan fingerprint density at radius 2 is 1.83 bits per heavy atom. The molecule has 0 bridgehead atoms. The summed E-state index contributed by atoms with van der Waals surface area (Å²) in [7, 11) is 0. The number of hydrogen-bond donors (Lipinski definition) is 1. The van der Waals surface area contributed by atoms with E-state index in [4.69, 9.17) is 0 Å². The lowest BCUT2D eigenvalue weighted by molar-refractivity contribution is -0.134. The van der Waals surface area contributed by atoms with Crippen LogP contribution < -0.4 is 0 Å². The van der Waals surface area contributed by atoms with Crippen molar-refractivity contribution < 1.29 is 19.5 Å². The number of phenolic OH excluding ortho intramolecular Hbond substituents is 1. The van der Waals surface area contributed by atoms with Crippen molar-refractivity contribution in [2.75, 3.05) is 0 Å². The Balaban J connectivity index is 2.95.